The number of fused-ring (bicyclic) bond motifs is 3. The fourth-order valence-electron chi connectivity index (χ4n) is 4.82. The summed E-state index contributed by atoms with van der Waals surface area (Å²) in [5.74, 6) is -1.87. The quantitative estimate of drug-likeness (QED) is 0.505. The molecule has 2 aromatic rings. The maximum Gasteiger partial charge on any atom is 0.407 e. The number of alkyl carbamates (subject to hydrolysis) is 1. The highest BCUT2D eigenvalue weighted by molar-refractivity contribution is 5.86. The second-order valence-corrected chi connectivity index (χ2v) is 9.33. The van der Waals surface area contributed by atoms with Crippen LogP contribution < -0.4 is 10.6 Å². The van der Waals surface area contributed by atoms with Gasteiger partial charge in [-0.25, -0.2) is 4.79 Å². The zero-order chi connectivity index (χ0) is 24.9. The molecule has 0 unspecified atom stereocenters. The van der Waals surface area contributed by atoms with E-state index in [9.17, 15) is 19.5 Å². The third-order valence-corrected chi connectivity index (χ3v) is 6.50. The van der Waals surface area contributed by atoms with Crippen LogP contribution in [0.1, 0.15) is 29.9 Å². The molecule has 184 valence electrons. The largest absolute Gasteiger partial charge is 0.481 e. The molecule has 3 atom stereocenters. The third kappa shape index (κ3) is 5.71. The van der Waals surface area contributed by atoms with Crippen molar-refractivity contribution in [2.45, 2.75) is 30.8 Å². The third-order valence-electron chi connectivity index (χ3n) is 6.50. The SMILES string of the molecule is CN(C)C[C@H](NC(=O)OCC1c2ccccc2-c2ccccc21)C(=O)N[C@H]1C=CC[C@H](C(=O)O)C1. The monoisotopic (exact) mass is 477 g/mol. The van der Waals surface area contributed by atoms with Crippen molar-refractivity contribution in [3.05, 3.63) is 71.8 Å². The van der Waals surface area contributed by atoms with Crippen molar-refractivity contribution in [2.75, 3.05) is 27.2 Å². The first-order valence-corrected chi connectivity index (χ1v) is 11.8. The number of benzene rings is 2. The lowest BCUT2D eigenvalue weighted by Gasteiger charge is -2.27. The number of nitrogens with zero attached hydrogens (tertiary/aromatic N) is 1. The maximum absolute atomic E-state index is 13.0. The standard InChI is InChI=1S/C27H31N3O5/c1-30(2)15-24(25(31)28-18-9-7-8-17(14-18)26(32)33)29-27(34)35-16-23-21-12-5-3-10-19(21)20-11-4-6-13-22(20)23/h3-7,9-13,17-18,23-24H,8,14-16H2,1-2H3,(H,28,31)(H,29,34)(H,32,33)/t17-,18-,24-/m0/s1. The van der Waals surface area contributed by atoms with Gasteiger partial charge in [-0.15, -0.1) is 0 Å². The molecule has 0 fully saturated rings. The molecule has 4 rings (SSSR count). The van der Waals surface area contributed by atoms with E-state index in [1.165, 1.54) is 0 Å². The number of rotatable bonds is 8. The van der Waals surface area contributed by atoms with Crippen molar-refractivity contribution in [2.24, 2.45) is 5.92 Å². The normalized spacial score (nSPS) is 19.5. The Morgan fingerprint density at radius 3 is 2.29 bits per heavy atom. The van der Waals surface area contributed by atoms with Gasteiger partial charge in [0, 0.05) is 18.5 Å². The Labute approximate surface area is 205 Å². The molecule has 2 aromatic carbocycles. The van der Waals surface area contributed by atoms with Crippen molar-refractivity contribution < 1.29 is 24.2 Å². The lowest BCUT2D eigenvalue weighted by Crippen LogP contribution is -2.54. The molecule has 8 heteroatoms. The van der Waals surface area contributed by atoms with Crippen LogP contribution >= 0.6 is 0 Å². The van der Waals surface area contributed by atoms with Gasteiger partial charge in [-0.2, -0.15) is 0 Å². The number of nitrogens with one attached hydrogen (secondary N) is 2. The van der Waals surface area contributed by atoms with Gasteiger partial charge in [0.2, 0.25) is 5.91 Å². The zero-order valence-electron chi connectivity index (χ0n) is 19.9. The van der Waals surface area contributed by atoms with E-state index >= 15 is 0 Å². The molecule has 2 aliphatic rings. The molecule has 3 N–H and O–H groups in total. The number of amides is 2. The Kier molecular flexibility index (Phi) is 7.51. The van der Waals surface area contributed by atoms with Crippen LogP contribution in [0.2, 0.25) is 0 Å². The van der Waals surface area contributed by atoms with Crippen molar-refractivity contribution in [3.8, 4) is 11.1 Å². The van der Waals surface area contributed by atoms with E-state index in [4.69, 9.17) is 4.74 Å². The Balaban J connectivity index is 1.38. The molecule has 0 bridgehead atoms. The first kappa shape index (κ1) is 24.5. The second kappa shape index (κ2) is 10.7. The van der Waals surface area contributed by atoms with Gasteiger partial charge in [-0.3, -0.25) is 9.59 Å². The van der Waals surface area contributed by atoms with E-state index < -0.39 is 30.1 Å². The summed E-state index contributed by atoms with van der Waals surface area (Å²) < 4.78 is 5.60. The van der Waals surface area contributed by atoms with Crippen LogP contribution in [0, 0.1) is 5.92 Å². The van der Waals surface area contributed by atoms with E-state index in [1.807, 2.05) is 36.4 Å². The molecule has 0 heterocycles. The van der Waals surface area contributed by atoms with Crippen molar-refractivity contribution in [1.29, 1.82) is 0 Å². The molecule has 0 aliphatic heterocycles. The number of carbonyl (C=O) groups is 3. The molecule has 8 nitrogen and oxygen atoms in total. The number of aliphatic carboxylic acids is 1. The minimum Gasteiger partial charge on any atom is -0.481 e. The summed E-state index contributed by atoms with van der Waals surface area (Å²) in [6.07, 6.45) is 3.67. The van der Waals surface area contributed by atoms with E-state index in [1.54, 1.807) is 31.1 Å². The van der Waals surface area contributed by atoms with Gasteiger partial charge in [0.1, 0.15) is 12.6 Å². The van der Waals surface area contributed by atoms with Gasteiger partial charge in [-0.1, -0.05) is 60.7 Å². The molecule has 0 spiro atoms. The van der Waals surface area contributed by atoms with Crippen LogP contribution in [-0.2, 0) is 14.3 Å². The van der Waals surface area contributed by atoms with Gasteiger partial charge in [0.15, 0.2) is 0 Å². The smallest absolute Gasteiger partial charge is 0.407 e. The van der Waals surface area contributed by atoms with E-state index in [0.717, 1.165) is 22.3 Å². The molecule has 0 saturated carbocycles. The van der Waals surface area contributed by atoms with Crippen LogP contribution in [-0.4, -0.2) is 67.3 Å². The summed E-state index contributed by atoms with van der Waals surface area (Å²) in [5, 5.41) is 14.8. The average Bonchev–Trinajstić information content (AvgIpc) is 3.16. The van der Waals surface area contributed by atoms with E-state index in [0.29, 0.717) is 12.8 Å². The number of hydrogen-bond acceptors (Lipinski definition) is 5. The van der Waals surface area contributed by atoms with Crippen molar-refractivity contribution in [3.63, 3.8) is 0 Å². The summed E-state index contributed by atoms with van der Waals surface area (Å²) in [6, 6.07) is 14.9. The van der Waals surface area contributed by atoms with Crippen LogP contribution in [0.4, 0.5) is 4.79 Å². The molecule has 0 aromatic heterocycles. The molecular formula is C27H31N3O5. The number of ether oxygens (including phenoxy) is 1. The van der Waals surface area contributed by atoms with Gasteiger partial charge < -0.3 is 25.4 Å². The minimum atomic E-state index is -0.879. The van der Waals surface area contributed by atoms with Crippen molar-refractivity contribution in [1.82, 2.24) is 15.5 Å². The maximum atomic E-state index is 13.0. The summed E-state index contributed by atoms with van der Waals surface area (Å²) in [5.41, 5.74) is 4.51. The van der Waals surface area contributed by atoms with Crippen LogP contribution in [0.3, 0.4) is 0 Å². The van der Waals surface area contributed by atoms with Crippen LogP contribution in [0.15, 0.2) is 60.7 Å². The molecule has 35 heavy (non-hydrogen) atoms. The summed E-state index contributed by atoms with van der Waals surface area (Å²) in [6.45, 7) is 0.427. The number of carboxylic acids is 1. The van der Waals surface area contributed by atoms with Gasteiger partial charge >= 0.3 is 12.1 Å². The topological polar surface area (TPSA) is 108 Å². The van der Waals surface area contributed by atoms with Gasteiger partial charge in [0.25, 0.3) is 0 Å². The van der Waals surface area contributed by atoms with Gasteiger partial charge in [0.05, 0.1) is 5.92 Å². The minimum absolute atomic E-state index is 0.0744. The summed E-state index contributed by atoms with van der Waals surface area (Å²) >= 11 is 0. The number of hydrogen-bond donors (Lipinski definition) is 3. The Morgan fingerprint density at radius 2 is 1.69 bits per heavy atom. The van der Waals surface area contributed by atoms with E-state index in [-0.39, 0.29) is 25.0 Å². The highest BCUT2D eigenvalue weighted by Crippen LogP contribution is 2.44. The highest BCUT2D eigenvalue weighted by Gasteiger charge is 2.31. The summed E-state index contributed by atoms with van der Waals surface area (Å²) in [4.78, 5) is 38.8. The van der Waals surface area contributed by atoms with Crippen LogP contribution in [0.5, 0.6) is 0 Å². The Morgan fingerprint density at radius 1 is 1.06 bits per heavy atom. The first-order chi connectivity index (χ1) is 16.8. The summed E-state index contributed by atoms with van der Waals surface area (Å²) in [7, 11) is 3.61. The zero-order valence-corrected chi connectivity index (χ0v) is 19.9. The number of allylic oxidation sites excluding steroid dienone is 1. The Bertz CT molecular complexity index is 1080. The van der Waals surface area contributed by atoms with Crippen LogP contribution in [0.25, 0.3) is 11.1 Å². The molecule has 0 radical (unpaired) electrons. The lowest BCUT2D eigenvalue weighted by molar-refractivity contribution is -0.142. The molecular weight excluding hydrogens is 446 g/mol. The average molecular weight is 478 g/mol. The number of likely N-dealkylation sites (N-methyl/N-ethyl adjacent to an activating group) is 1. The Hall–Kier alpha value is -3.65. The fraction of sp³-hybridized carbons (Fsp3) is 0.370. The van der Waals surface area contributed by atoms with E-state index in [2.05, 4.69) is 22.8 Å². The number of carbonyl (C=O) groups excluding carboxylic acids is 2. The molecule has 2 amide bonds. The first-order valence-electron chi connectivity index (χ1n) is 11.8. The predicted octanol–water partition coefficient (Wildman–Crippen LogP) is 2.99. The van der Waals surface area contributed by atoms with Crippen molar-refractivity contribution >= 4 is 18.0 Å². The number of carboxylic acid groups (broad SMARTS) is 1. The molecule has 2 aliphatic carbocycles. The highest BCUT2D eigenvalue weighted by atomic mass is 16.5. The predicted molar refractivity (Wildman–Crippen MR) is 132 cm³/mol. The second-order valence-electron chi connectivity index (χ2n) is 9.33. The lowest BCUT2D eigenvalue weighted by atomic mass is 9.91. The fourth-order valence-corrected chi connectivity index (χ4v) is 4.82. The molecule has 0 saturated heterocycles. The van der Waals surface area contributed by atoms with Gasteiger partial charge in [-0.05, 0) is 49.2 Å².